The Labute approximate surface area is 465 Å². The second-order valence-electron chi connectivity index (χ2n) is 21.7. The van der Waals surface area contributed by atoms with Gasteiger partial charge in [0.1, 0.15) is 29.5 Å². The molecule has 3 aliphatic heterocycles. The molecule has 28 heteroatoms. The monoisotopic (exact) mass is 1170 g/mol. The number of hydrogen-bond donors (Lipinski definition) is 5. The molecule has 446 valence electrons. The number of carbonyl (C=O) groups is 4. The average Bonchev–Trinajstić information content (AvgIpc) is 4.05. The second-order valence-corrected chi connectivity index (χ2v) is 21.7. The van der Waals surface area contributed by atoms with Gasteiger partial charge in [0.05, 0.1) is 61.6 Å². The number of fused-ring (bicyclic) bond motifs is 2. The second kappa shape index (κ2) is 24.7. The fourth-order valence-electron chi connectivity index (χ4n) is 10.1. The first-order chi connectivity index (χ1) is 38.3. The van der Waals surface area contributed by atoms with Crippen LogP contribution in [0.3, 0.4) is 0 Å². The van der Waals surface area contributed by atoms with E-state index in [0.29, 0.717) is 81.3 Å². The average molecular weight is 1170 g/mol. The van der Waals surface area contributed by atoms with Crippen molar-refractivity contribution in [3.8, 4) is 23.1 Å². The van der Waals surface area contributed by atoms with Crippen LogP contribution >= 0.6 is 0 Å². The lowest BCUT2D eigenvalue weighted by Crippen LogP contribution is -2.68. The van der Waals surface area contributed by atoms with Gasteiger partial charge in [0.15, 0.2) is 0 Å². The Morgan fingerprint density at radius 1 is 0.805 bits per heavy atom. The van der Waals surface area contributed by atoms with Crippen LogP contribution in [0.2, 0.25) is 0 Å². The molecule has 0 aliphatic carbocycles. The number of halogens is 10. The highest BCUT2D eigenvalue weighted by atomic mass is 19.4. The molecule has 6 atom stereocenters. The largest absolute Gasteiger partial charge is 0.453 e. The van der Waals surface area contributed by atoms with E-state index in [1.165, 1.54) is 12.1 Å². The summed E-state index contributed by atoms with van der Waals surface area (Å²) in [6.45, 7) is 2.18. The standard InChI is InChI=1S/C54H62F10N10O8/c1-50(2,53(59,60)61)43(67-48(78)80-6)45(76)66-40(20-31-11-8-30(9-12-31)10-13-32-14-17-42(65-23-32)71-24-34-15-16-35(25-71)74(34)52(5)28-82-29-52)41(75)27-72(70-46(77)44(68-49(79)81-7)51(3,4)54(62,63)64)26-36-37(55)21-33(22-38(36)56)39-18-19-73(69-39)47(57)58/h8-9,11-12,14,17-19,21-23,34-35,40-41,43-44,47,75H,15-16,20,24-29H2,1-7H3,(H,66,76)(H,67,78)(H,68,79)(H,70,77)/t34?,35?,40-,41-,43?,44+/m0/s1. The number of alkyl halides is 8. The van der Waals surface area contributed by atoms with E-state index in [9.17, 15) is 59.4 Å². The molecule has 0 spiro atoms. The van der Waals surface area contributed by atoms with Crippen molar-refractivity contribution in [1.82, 2.24) is 46.0 Å². The van der Waals surface area contributed by atoms with E-state index in [4.69, 9.17) is 4.74 Å². The van der Waals surface area contributed by atoms with Crippen LogP contribution in [0.1, 0.15) is 76.3 Å². The van der Waals surface area contributed by atoms with E-state index in [0.717, 1.165) is 58.2 Å². The van der Waals surface area contributed by atoms with Crippen molar-refractivity contribution >= 4 is 29.8 Å². The maximum Gasteiger partial charge on any atom is 0.407 e. The molecular formula is C54H62F10N10O8. The van der Waals surface area contributed by atoms with Gasteiger partial charge in [0.25, 0.3) is 5.91 Å². The Balaban J connectivity index is 1.18. The number of methoxy groups -OCH3 is 2. The van der Waals surface area contributed by atoms with Crippen molar-refractivity contribution < 1.29 is 82.4 Å². The van der Waals surface area contributed by atoms with Gasteiger partial charge < -0.3 is 40.2 Å². The van der Waals surface area contributed by atoms with Gasteiger partial charge in [-0.1, -0.05) is 24.0 Å². The number of hydrazine groups is 1. The van der Waals surface area contributed by atoms with E-state index >= 15 is 8.78 Å². The number of anilines is 1. The van der Waals surface area contributed by atoms with Crippen molar-refractivity contribution in [1.29, 1.82) is 0 Å². The summed E-state index contributed by atoms with van der Waals surface area (Å²) >= 11 is 0. The molecule has 4 aromatic rings. The lowest BCUT2D eigenvalue weighted by atomic mass is 9.82. The summed E-state index contributed by atoms with van der Waals surface area (Å²) in [7, 11) is 1.60. The number of carbonyl (C=O) groups excluding carboxylic acids is 4. The normalized spacial score (nSPS) is 18.8. The summed E-state index contributed by atoms with van der Waals surface area (Å²) in [4.78, 5) is 62.5. The highest BCUT2D eigenvalue weighted by Crippen LogP contribution is 2.43. The topological polar surface area (TPSA) is 205 Å². The van der Waals surface area contributed by atoms with E-state index in [2.05, 4.69) is 53.4 Å². The Hall–Kier alpha value is -7.22. The van der Waals surface area contributed by atoms with Gasteiger partial charge in [-0.25, -0.2) is 33.0 Å². The number of hydrogen-bond acceptors (Lipinski definition) is 13. The highest BCUT2D eigenvalue weighted by molar-refractivity contribution is 5.87. The van der Waals surface area contributed by atoms with Crippen molar-refractivity contribution in [2.75, 3.05) is 52.0 Å². The van der Waals surface area contributed by atoms with Gasteiger partial charge in [-0.05, 0) is 102 Å². The SMILES string of the molecule is COC(=O)NC(C(=O)N[C@@H](Cc1ccc(C#Cc2ccc(N3CC4CCC(C3)N4C3(C)COC3)nc2)cc1)[C@@H](O)CN(Cc1c(F)cc(-c2ccn(C(F)F)n2)cc1F)NC(=O)[C@@H](NC(=O)OC)C(C)(C)C(F)(F)F)C(C)(C)C(F)(F)F. The maximum absolute atomic E-state index is 16.1. The number of ether oxygens (including phenoxy) is 3. The van der Waals surface area contributed by atoms with Gasteiger partial charge in [0.2, 0.25) is 5.91 Å². The fraction of sp³-hybridized carbons (Fsp3) is 0.519. The predicted octanol–water partition coefficient (Wildman–Crippen LogP) is 7.01. The van der Waals surface area contributed by atoms with Crippen LogP contribution < -0.4 is 26.3 Å². The molecule has 7 rings (SSSR count). The Kier molecular flexibility index (Phi) is 18.8. The summed E-state index contributed by atoms with van der Waals surface area (Å²) in [5.74, 6) is 0.788. The molecule has 5 heterocycles. The minimum absolute atomic E-state index is 0.0418. The number of benzene rings is 2. The number of aliphatic hydroxyl groups is 1. The number of piperazine rings is 1. The lowest BCUT2D eigenvalue weighted by molar-refractivity contribution is -0.221. The number of aromatic nitrogens is 3. The van der Waals surface area contributed by atoms with Crippen LogP contribution in [0.15, 0.2) is 67.0 Å². The smallest absolute Gasteiger partial charge is 0.407 e. The Morgan fingerprint density at radius 3 is 1.82 bits per heavy atom. The molecule has 3 fully saturated rings. The van der Waals surface area contributed by atoms with Gasteiger partial charge in [0, 0.05) is 72.9 Å². The molecule has 4 amide bonds. The van der Waals surface area contributed by atoms with Crippen LogP contribution in [-0.4, -0.2) is 155 Å². The summed E-state index contributed by atoms with van der Waals surface area (Å²) in [5.41, 5.74) is -4.38. The van der Waals surface area contributed by atoms with Crippen molar-refractivity contribution in [3.05, 3.63) is 101 Å². The first-order valence-electron chi connectivity index (χ1n) is 25.7. The van der Waals surface area contributed by atoms with E-state index in [1.54, 1.807) is 23.6 Å². The number of nitrogens with one attached hydrogen (secondary N) is 4. The first-order valence-corrected chi connectivity index (χ1v) is 25.7. The third-order valence-electron chi connectivity index (χ3n) is 15.2. The zero-order chi connectivity index (χ0) is 60.3. The number of alkyl carbamates (subject to hydrolysis) is 2. The maximum atomic E-state index is 16.1. The molecule has 3 saturated heterocycles. The van der Waals surface area contributed by atoms with Gasteiger partial charge in [-0.15, -0.1) is 0 Å². The molecule has 18 nitrogen and oxygen atoms in total. The minimum Gasteiger partial charge on any atom is -0.453 e. The van der Waals surface area contributed by atoms with Crippen LogP contribution in [-0.2, 0) is 36.8 Å². The van der Waals surface area contributed by atoms with E-state index in [1.807, 2.05) is 22.9 Å². The number of rotatable bonds is 19. The molecule has 0 saturated carbocycles. The summed E-state index contributed by atoms with van der Waals surface area (Å²) in [5, 5.41) is 22.1. The van der Waals surface area contributed by atoms with Gasteiger partial charge in [-0.3, -0.25) is 19.9 Å². The molecule has 2 bridgehead atoms. The number of aliphatic hydroxyl groups excluding tert-OH is 1. The summed E-state index contributed by atoms with van der Waals surface area (Å²) < 4.78 is 161. The third kappa shape index (κ3) is 14.0. The minimum atomic E-state index is -5.23. The van der Waals surface area contributed by atoms with E-state index in [-0.39, 0.29) is 27.0 Å². The highest BCUT2D eigenvalue weighted by Gasteiger charge is 2.58. The number of nitrogens with zero attached hydrogens (tertiary/aromatic N) is 6. The Morgan fingerprint density at radius 2 is 1.34 bits per heavy atom. The summed E-state index contributed by atoms with van der Waals surface area (Å²) in [6, 6.07) is 6.11. The zero-order valence-corrected chi connectivity index (χ0v) is 45.5. The van der Waals surface area contributed by atoms with Crippen LogP contribution in [0.5, 0.6) is 0 Å². The first kappa shape index (κ1) is 62.4. The van der Waals surface area contributed by atoms with Crippen LogP contribution in [0, 0.1) is 34.3 Å². The zero-order valence-electron chi connectivity index (χ0n) is 45.5. The molecule has 3 unspecified atom stereocenters. The predicted molar refractivity (Wildman–Crippen MR) is 274 cm³/mol. The molecule has 3 aliphatic rings. The van der Waals surface area contributed by atoms with Gasteiger partial charge >= 0.3 is 31.1 Å². The van der Waals surface area contributed by atoms with Crippen molar-refractivity contribution in [3.63, 3.8) is 0 Å². The number of pyridine rings is 1. The molecule has 0 radical (unpaired) electrons. The fourth-order valence-corrected chi connectivity index (χ4v) is 10.1. The Bertz CT molecular complexity index is 2960. The van der Waals surface area contributed by atoms with Crippen molar-refractivity contribution in [2.45, 2.75) is 121 Å². The third-order valence-corrected chi connectivity index (χ3v) is 15.2. The van der Waals surface area contributed by atoms with Crippen LogP contribution in [0.4, 0.5) is 59.3 Å². The molecule has 2 aromatic carbocycles. The molecule has 5 N–H and O–H groups in total. The quantitative estimate of drug-likeness (QED) is 0.0365. The van der Waals surface area contributed by atoms with Crippen molar-refractivity contribution in [2.24, 2.45) is 10.8 Å². The van der Waals surface area contributed by atoms with Crippen LogP contribution in [0.25, 0.3) is 11.3 Å². The molecule has 2 aromatic heterocycles. The summed E-state index contributed by atoms with van der Waals surface area (Å²) in [6.07, 6.45) is -11.4. The molecular weight excluding hydrogens is 1110 g/mol. The lowest BCUT2D eigenvalue weighted by Gasteiger charge is -2.54. The number of amides is 4. The molecule has 82 heavy (non-hydrogen) atoms. The van der Waals surface area contributed by atoms with Gasteiger partial charge in [-0.2, -0.15) is 40.2 Å². The van der Waals surface area contributed by atoms with E-state index < -0.39 is 115 Å².